The molecule has 0 saturated heterocycles. The van der Waals surface area contributed by atoms with Crippen molar-refractivity contribution in [1.29, 1.82) is 0 Å². The number of anilines is 2. The molecule has 4 rings (SSSR count). The summed E-state index contributed by atoms with van der Waals surface area (Å²) in [5.41, 5.74) is 5.53. The minimum atomic E-state index is -2.56. The molecular formula is C28H41N2OP. The molecule has 0 unspecified atom stereocenters. The van der Waals surface area contributed by atoms with Crippen molar-refractivity contribution in [2.75, 3.05) is 38.0 Å². The average Bonchev–Trinajstić information content (AvgIpc) is 2.84. The molecule has 0 aromatic heterocycles. The minimum absolute atomic E-state index is 0.356. The highest BCUT2D eigenvalue weighted by Gasteiger charge is 2.44. The summed E-state index contributed by atoms with van der Waals surface area (Å²) in [5, 5.41) is 1.16. The zero-order valence-electron chi connectivity index (χ0n) is 20.5. The summed E-state index contributed by atoms with van der Waals surface area (Å²) in [6, 6.07) is 15.3. The van der Waals surface area contributed by atoms with E-state index in [9.17, 15) is 0 Å². The highest BCUT2D eigenvalue weighted by molar-refractivity contribution is 7.73. The van der Waals surface area contributed by atoms with Crippen molar-refractivity contribution in [1.82, 2.24) is 0 Å². The second-order valence-corrected chi connectivity index (χ2v) is 13.6. The second kappa shape index (κ2) is 10.0. The lowest BCUT2D eigenvalue weighted by atomic mass is 9.99. The van der Waals surface area contributed by atoms with E-state index in [4.69, 9.17) is 0 Å². The molecule has 0 bridgehead atoms. The van der Waals surface area contributed by atoms with Crippen molar-refractivity contribution >= 4 is 23.8 Å². The Bertz CT molecular complexity index is 907. The fourth-order valence-electron chi connectivity index (χ4n) is 6.16. The van der Waals surface area contributed by atoms with Crippen molar-refractivity contribution in [3.63, 3.8) is 0 Å². The molecule has 2 saturated carbocycles. The number of rotatable bonds is 6. The lowest BCUT2D eigenvalue weighted by molar-refractivity contribution is 0.453. The zero-order chi connectivity index (χ0) is 22.7. The van der Waals surface area contributed by atoms with Gasteiger partial charge in [0, 0.05) is 61.8 Å². The molecule has 0 atom stereocenters. The van der Waals surface area contributed by atoms with E-state index in [1.165, 1.54) is 61.0 Å². The Balaban J connectivity index is 1.95. The van der Waals surface area contributed by atoms with Crippen LogP contribution in [0, 0.1) is 0 Å². The Hall–Kier alpha value is -1.73. The van der Waals surface area contributed by atoms with E-state index < -0.39 is 7.14 Å². The van der Waals surface area contributed by atoms with Crippen LogP contribution in [0.4, 0.5) is 11.4 Å². The van der Waals surface area contributed by atoms with Crippen LogP contribution in [0.15, 0.2) is 42.5 Å². The van der Waals surface area contributed by atoms with Gasteiger partial charge in [-0.05, 0) is 43.4 Å². The zero-order valence-corrected chi connectivity index (χ0v) is 21.4. The summed E-state index contributed by atoms with van der Waals surface area (Å²) in [6.07, 6.45) is 12.1. The molecule has 3 nitrogen and oxygen atoms in total. The highest BCUT2D eigenvalue weighted by Crippen LogP contribution is 2.63. The minimum Gasteiger partial charge on any atom is -0.377 e. The van der Waals surface area contributed by atoms with Gasteiger partial charge in [0.2, 0.25) is 0 Å². The SMILES string of the molecule is CN(C)c1cccc(N(C)C)c1-c1ccccc1P(=O)(C1CCCCC1)C1CCCCC1. The standard InChI is InChI=1S/C28H41N2OP/c1-29(2)25-19-13-20-26(30(3)4)28(25)24-18-11-12-21-27(24)32(31,22-14-7-5-8-15-22)23-16-9-6-10-17-23/h11-13,18-23H,5-10,14-17H2,1-4H3. The number of hydrogen-bond acceptors (Lipinski definition) is 3. The first-order chi connectivity index (χ1) is 15.4. The van der Waals surface area contributed by atoms with Gasteiger partial charge in [0.1, 0.15) is 7.14 Å². The number of hydrogen-bond donors (Lipinski definition) is 0. The van der Waals surface area contributed by atoms with E-state index in [0.717, 1.165) is 31.0 Å². The van der Waals surface area contributed by atoms with E-state index in [-0.39, 0.29) is 0 Å². The fourth-order valence-corrected chi connectivity index (χ4v) is 10.7. The predicted octanol–water partition coefficient (Wildman–Crippen LogP) is 7.14. The van der Waals surface area contributed by atoms with Crippen molar-refractivity contribution in [3.05, 3.63) is 42.5 Å². The molecule has 0 spiro atoms. The summed E-state index contributed by atoms with van der Waals surface area (Å²) in [4.78, 5) is 4.40. The monoisotopic (exact) mass is 452 g/mol. The molecule has 0 amide bonds. The Morgan fingerprint density at radius 3 is 1.59 bits per heavy atom. The van der Waals surface area contributed by atoms with Gasteiger partial charge in [-0.1, -0.05) is 68.9 Å². The third-order valence-corrected chi connectivity index (χ3v) is 12.1. The molecule has 174 valence electrons. The van der Waals surface area contributed by atoms with Crippen molar-refractivity contribution < 1.29 is 4.57 Å². The van der Waals surface area contributed by atoms with Crippen LogP contribution in [0.25, 0.3) is 11.1 Å². The van der Waals surface area contributed by atoms with Gasteiger partial charge in [0.25, 0.3) is 0 Å². The van der Waals surface area contributed by atoms with Gasteiger partial charge >= 0.3 is 0 Å². The third kappa shape index (κ3) is 4.38. The topological polar surface area (TPSA) is 23.6 Å². The smallest absolute Gasteiger partial charge is 0.122 e. The molecule has 2 aliphatic rings. The van der Waals surface area contributed by atoms with Crippen LogP contribution in [0.1, 0.15) is 64.2 Å². The Morgan fingerprint density at radius 1 is 0.656 bits per heavy atom. The van der Waals surface area contributed by atoms with Crippen LogP contribution in [-0.4, -0.2) is 39.5 Å². The third-order valence-electron chi connectivity index (χ3n) is 7.77. The summed E-state index contributed by atoms with van der Waals surface area (Å²) < 4.78 is 15.5. The first-order valence-electron chi connectivity index (χ1n) is 12.6. The maximum Gasteiger partial charge on any atom is 0.122 e. The van der Waals surface area contributed by atoms with E-state index in [2.05, 4.69) is 80.5 Å². The number of nitrogens with zero attached hydrogens (tertiary/aromatic N) is 2. The molecule has 2 aliphatic carbocycles. The molecule has 0 aliphatic heterocycles. The normalized spacial score (nSPS) is 18.5. The van der Waals surface area contributed by atoms with E-state index in [1.807, 2.05) is 0 Å². The molecular weight excluding hydrogens is 411 g/mol. The Kier molecular flexibility index (Phi) is 7.35. The molecule has 0 N–H and O–H groups in total. The maximum absolute atomic E-state index is 15.5. The van der Waals surface area contributed by atoms with Gasteiger partial charge in [-0.25, -0.2) is 0 Å². The van der Waals surface area contributed by atoms with Gasteiger partial charge in [-0.2, -0.15) is 0 Å². The molecule has 2 aromatic carbocycles. The van der Waals surface area contributed by atoms with Crippen LogP contribution >= 0.6 is 7.14 Å². The molecule has 0 radical (unpaired) electrons. The lowest BCUT2D eigenvalue weighted by Crippen LogP contribution is -2.31. The largest absolute Gasteiger partial charge is 0.377 e. The van der Waals surface area contributed by atoms with Crippen LogP contribution in [-0.2, 0) is 4.57 Å². The summed E-state index contributed by atoms with van der Waals surface area (Å²) >= 11 is 0. The van der Waals surface area contributed by atoms with Gasteiger partial charge in [-0.15, -0.1) is 0 Å². The van der Waals surface area contributed by atoms with Gasteiger partial charge in [0.15, 0.2) is 0 Å². The van der Waals surface area contributed by atoms with Gasteiger partial charge < -0.3 is 14.4 Å². The van der Waals surface area contributed by atoms with Crippen molar-refractivity contribution in [2.24, 2.45) is 0 Å². The van der Waals surface area contributed by atoms with Crippen LogP contribution in [0.3, 0.4) is 0 Å². The average molecular weight is 453 g/mol. The molecule has 2 fully saturated rings. The maximum atomic E-state index is 15.5. The predicted molar refractivity (Wildman–Crippen MR) is 142 cm³/mol. The molecule has 2 aromatic rings. The Labute approximate surface area is 195 Å². The molecule has 32 heavy (non-hydrogen) atoms. The first-order valence-corrected chi connectivity index (χ1v) is 14.5. The first kappa shape index (κ1) is 23.4. The van der Waals surface area contributed by atoms with Gasteiger partial charge in [-0.3, -0.25) is 0 Å². The lowest BCUT2D eigenvalue weighted by Gasteiger charge is -2.39. The van der Waals surface area contributed by atoms with Crippen LogP contribution in [0.2, 0.25) is 0 Å². The highest BCUT2D eigenvalue weighted by atomic mass is 31.2. The van der Waals surface area contributed by atoms with Crippen molar-refractivity contribution in [2.45, 2.75) is 75.5 Å². The summed E-state index contributed by atoms with van der Waals surface area (Å²) in [5.74, 6) is 0. The van der Waals surface area contributed by atoms with Crippen LogP contribution in [0.5, 0.6) is 0 Å². The van der Waals surface area contributed by atoms with E-state index in [1.54, 1.807) is 0 Å². The van der Waals surface area contributed by atoms with E-state index in [0.29, 0.717) is 11.3 Å². The molecule has 4 heteroatoms. The summed E-state index contributed by atoms with van der Waals surface area (Å²) in [7, 11) is 5.89. The summed E-state index contributed by atoms with van der Waals surface area (Å²) in [6.45, 7) is 0. The van der Waals surface area contributed by atoms with E-state index >= 15 is 4.57 Å². The Morgan fingerprint density at radius 2 is 1.12 bits per heavy atom. The van der Waals surface area contributed by atoms with Crippen LogP contribution < -0.4 is 15.1 Å². The second-order valence-electron chi connectivity index (χ2n) is 10.3. The molecule has 0 heterocycles. The quantitative estimate of drug-likeness (QED) is 0.435. The van der Waals surface area contributed by atoms with Crippen molar-refractivity contribution in [3.8, 4) is 11.1 Å². The number of benzene rings is 2. The fraction of sp³-hybridized carbons (Fsp3) is 0.571. The van der Waals surface area contributed by atoms with Gasteiger partial charge in [0.05, 0.1) is 0 Å².